The molecule has 0 aliphatic rings. The molecule has 0 spiro atoms. The zero-order valence-electron chi connectivity index (χ0n) is 6.96. The summed E-state index contributed by atoms with van der Waals surface area (Å²) in [6.45, 7) is 2.70. The third-order valence-electron chi connectivity index (χ3n) is 1.13. The first-order chi connectivity index (χ1) is 5.12. The van der Waals surface area contributed by atoms with E-state index >= 15 is 0 Å². The highest BCUT2D eigenvalue weighted by atomic mass is 32.2. The molecule has 1 N–H and O–H groups in total. The fourth-order valence-corrected chi connectivity index (χ4v) is 1.77. The van der Waals surface area contributed by atoms with Crippen molar-refractivity contribution < 1.29 is 13.2 Å². The van der Waals surface area contributed by atoms with Gasteiger partial charge in [-0.25, -0.2) is 13.1 Å². The van der Waals surface area contributed by atoms with E-state index in [1.54, 1.807) is 14.0 Å². The van der Waals surface area contributed by atoms with E-state index in [9.17, 15) is 8.42 Å². The molecule has 0 bridgehead atoms. The average Bonchev–Trinajstić information content (AvgIpc) is 1.87. The van der Waals surface area contributed by atoms with E-state index in [2.05, 4.69) is 4.72 Å². The Balaban J connectivity index is 3.56. The van der Waals surface area contributed by atoms with Crippen molar-refractivity contribution in [1.82, 2.24) is 4.72 Å². The molecular formula is C6H15NO3S. The van der Waals surface area contributed by atoms with E-state index < -0.39 is 10.0 Å². The van der Waals surface area contributed by atoms with Crippen LogP contribution in [-0.2, 0) is 14.8 Å². The molecule has 0 fully saturated rings. The third-order valence-corrected chi connectivity index (χ3v) is 2.68. The normalized spacial score (nSPS) is 11.8. The molecule has 0 atom stereocenters. The van der Waals surface area contributed by atoms with Gasteiger partial charge >= 0.3 is 0 Å². The van der Waals surface area contributed by atoms with E-state index in [4.69, 9.17) is 4.74 Å². The van der Waals surface area contributed by atoms with Crippen LogP contribution in [0.2, 0.25) is 0 Å². The first-order valence-electron chi connectivity index (χ1n) is 3.58. The number of nitrogens with one attached hydrogen (secondary N) is 1. The number of hydrogen-bond donors (Lipinski definition) is 1. The van der Waals surface area contributed by atoms with Gasteiger partial charge in [-0.3, -0.25) is 0 Å². The Hall–Kier alpha value is -0.130. The summed E-state index contributed by atoms with van der Waals surface area (Å²) in [6, 6.07) is 0. The molecule has 0 aliphatic heterocycles. The van der Waals surface area contributed by atoms with Crippen molar-refractivity contribution in [3.05, 3.63) is 0 Å². The van der Waals surface area contributed by atoms with Gasteiger partial charge in [0.25, 0.3) is 0 Å². The minimum Gasteiger partial charge on any atom is -0.385 e. The molecule has 0 rings (SSSR count). The van der Waals surface area contributed by atoms with Crippen LogP contribution in [0.1, 0.15) is 13.3 Å². The summed E-state index contributed by atoms with van der Waals surface area (Å²) in [5.74, 6) is 0.147. The second-order valence-electron chi connectivity index (χ2n) is 2.16. The van der Waals surface area contributed by atoms with Crippen molar-refractivity contribution in [2.24, 2.45) is 0 Å². The molecule has 0 radical (unpaired) electrons. The summed E-state index contributed by atoms with van der Waals surface area (Å²) in [7, 11) is -1.48. The molecule has 0 aromatic carbocycles. The van der Waals surface area contributed by atoms with Gasteiger partial charge in [0.2, 0.25) is 10.0 Å². The van der Waals surface area contributed by atoms with Crippen LogP contribution in [0.25, 0.3) is 0 Å². The van der Waals surface area contributed by atoms with Gasteiger partial charge in [-0.05, 0) is 6.42 Å². The van der Waals surface area contributed by atoms with Crippen LogP contribution < -0.4 is 4.72 Å². The lowest BCUT2D eigenvalue weighted by atomic mass is 10.5. The van der Waals surface area contributed by atoms with Gasteiger partial charge in [0, 0.05) is 20.3 Å². The Bertz CT molecular complexity index is 176. The molecule has 68 valence electrons. The standard InChI is InChI=1S/C6H15NO3S/c1-3-7-11(8,9)6-4-5-10-2/h7H,3-6H2,1-2H3. The van der Waals surface area contributed by atoms with Crippen LogP contribution in [0.4, 0.5) is 0 Å². The quantitative estimate of drug-likeness (QED) is 0.585. The number of rotatable bonds is 6. The average molecular weight is 181 g/mol. The Morgan fingerprint density at radius 2 is 2.09 bits per heavy atom. The lowest BCUT2D eigenvalue weighted by Crippen LogP contribution is -2.26. The van der Waals surface area contributed by atoms with Crippen LogP contribution in [0, 0.1) is 0 Å². The minimum absolute atomic E-state index is 0.147. The maximum absolute atomic E-state index is 10.9. The highest BCUT2D eigenvalue weighted by Crippen LogP contribution is 1.88. The van der Waals surface area contributed by atoms with Gasteiger partial charge in [-0.15, -0.1) is 0 Å². The third kappa shape index (κ3) is 6.28. The molecule has 0 amide bonds. The molecule has 0 saturated heterocycles. The van der Waals surface area contributed by atoms with Gasteiger partial charge in [-0.1, -0.05) is 6.92 Å². The van der Waals surface area contributed by atoms with Crippen LogP contribution >= 0.6 is 0 Å². The van der Waals surface area contributed by atoms with E-state index in [0.717, 1.165) is 0 Å². The highest BCUT2D eigenvalue weighted by molar-refractivity contribution is 7.89. The van der Waals surface area contributed by atoms with Crippen LogP contribution in [-0.4, -0.2) is 34.4 Å². The number of sulfonamides is 1. The van der Waals surface area contributed by atoms with Crippen molar-refractivity contribution in [1.29, 1.82) is 0 Å². The monoisotopic (exact) mass is 181 g/mol. The van der Waals surface area contributed by atoms with E-state index in [0.29, 0.717) is 19.6 Å². The van der Waals surface area contributed by atoms with Crippen molar-refractivity contribution >= 4 is 10.0 Å². The van der Waals surface area contributed by atoms with Gasteiger partial charge in [0.1, 0.15) is 0 Å². The van der Waals surface area contributed by atoms with Crippen LogP contribution in [0.15, 0.2) is 0 Å². The molecular weight excluding hydrogens is 166 g/mol. The number of ether oxygens (including phenoxy) is 1. The molecule has 0 saturated carbocycles. The first kappa shape index (κ1) is 10.9. The summed E-state index contributed by atoms with van der Waals surface area (Å²) >= 11 is 0. The highest BCUT2D eigenvalue weighted by Gasteiger charge is 2.06. The van der Waals surface area contributed by atoms with Gasteiger partial charge in [-0.2, -0.15) is 0 Å². The lowest BCUT2D eigenvalue weighted by Gasteiger charge is -2.02. The molecule has 0 unspecified atom stereocenters. The Morgan fingerprint density at radius 1 is 1.45 bits per heavy atom. The van der Waals surface area contributed by atoms with Crippen LogP contribution in [0.5, 0.6) is 0 Å². The zero-order valence-corrected chi connectivity index (χ0v) is 7.78. The second kappa shape index (κ2) is 5.51. The van der Waals surface area contributed by atoms with Crippen molar-refractivity contribution in [3.8, 4) is 0 Å². The molecule has 4 nitrogen and oxygen atoms in total. The maximum atomic E-state index is 10.9. The summed E-state index contributed by atoms with van der Waals surface area (Å²) < 4.78 is 29.0. The SMILES string of the molecule is CCNS(=O)(=O)CCCOC. The first-order valence-corrected chi connectivity index (χ1v) is 5.24. The predicted octanol–water partition coefficient (Wildman–Crippen LogP) is -0.0378. The lowest BCUT2D eigenvalue weighted by molar-refractivity contribution is 0.199. The topological polar surface area (TPSA) is 55.4 Å². The zero-order chi connectivity index (χ0) is 8.74. The van der Waals surface area contributed by atoms with E-state index in [1.807, 2.05) is 0 Å². The Kier molecular flexibility index (Phi) is 5.45. The molecule has 0 aromatic heterocycles. The molecule has 5 heteroatoms. The molecule has 0 aromatic rings. The summed E-state index contributed by atoms with van der Waals surface area (Å²) in [6.07, 6.45) is 0.547. The molecule has 0 aliphatic carbocycles. The van der Waals surface area contributed by atoms with Crippen molar-refractivity contribution in [2.75, 3.05) is 26.0 Å². The van der Waals surface area contributed by atoms with Gasteiger partial charge in [0.15, 0.2) is 0 Å². The largest absolute Gasteiger partial charge is 0.385 e. The van der Waals surface area contributed by atoms with E-state index in [1.165, 1.54) is 0 Å². The second-order valence-corrected chi connectivity index (χ2v) is 4.09. The number of methoxy groups -OCH3 is 1. The summed E-state index contributed by atoms with van der Waals surface area (Å²) in [5.41, 5.74) is 0. The summed E-state index contributed by atoms with van der Waals surface area (Å²) in [5, 5.41) is 0. The van der Waals surface area contributed by atoms with Crippen LogP contribution in [0.3, 0.4) is 0 Å². The minimum atomic E-state index is -3.03. The smallest absolute Gasteiger partial charge is 0.211 e. The van der Waals surface area contributed by atoms with Gasteiger partial charge < -0.3 is 4.74 Å². The molecule has 0 heterocycles. The predicted molar refractivity (Wildman–Crippen MR) is 44.0 cm³/mol. The summed E-state index contributed by atoms with van der Waals surface area (Å²) in [4.78, 5) is 0. The van der Waals surface area contributed by atoms with Gasteiger partial charge in [0.05, 0.1) is 5.75 Å². The number of hydrogen-bond acceptors (Lipinski definition) is 3. The van der Waals surface area contributed by atoms with Crippen molar-refractivity contribution in [2.45, 2.75) is 13.3 Å². The fourth-order valence-electron chi connectivity index (χ4n) is 0.685. The maximum Gasteiger partial charge on any atom is 0.211 e. The Morgan fingerprint density at radius 3 is 2.55 bits per heavy atom. The fraction of sp³-hybridized carbons (Fsp3) is 1.00. The Labute approximate surface area is 68.0 Å². The van der Waals surface area contributed by atoms with Crippen molar-refractivity contribution in [3.63, 3.8) is 0 Å². The molecule has 11 heavy (non-hydrogen) atoms. The van der Waals surface area contributed by atoms with E-state index in [-0.39, 0.29) is 5.75 Å².